The third-order valence-electron chi connectivity index (χ3n) is 5.29. The molecule has 23 heavy (non-hydrogen) atoms. The van der Waals surface area contributed by atoms with Gasteiger partial charge in [-0.3, -0.25) is 4.79 Å². The van der Waals surface area contributed by atoms with Gasteiger partial charge in [-0.1, -0.05) is 0 Å². The van der Waals surface area contributed by atoms with E-state index < -0.39 is 0 Å². The van der Waals surface area contributed by atoms with Crippen LogP contribution < -0.4 is 0 Å². The van der Waals surface area contributed by atoms with Crippen LogP contribution in [0.2, 0.25) is 0 Å². The monoisotopic (exact) mass is 336 g/mol. The molecule has 0 aromatic carbocycles. The number of ether oxygens (including phenoxy) is 2. The second kappa shape index (κ2) is 6.49. The molecule has 2 aliphatic heterocycles. The number of hydrogen-bond acceptors (Lipinski definition) is 5. The molecule has 0 N–H and O–H groups in total. The number of fused-ring (bicyclic) bond motifs is 2. The Morgan fingerprint density at radius 2 is 2.22 bits per heavy atom. The van der Waals surface area contributed by atoms with Gasteiger partial charge < -0.3 is 14.4 Å². The van der Waals surface area contributed by atoms with E-state index in [1.54, 1.807) is 16.2 Å². The van der Waals surface area contributed by atoms with Crippen molar-refractivity contribution >= 4 is 17.2 Å². The number of thiazole rings is 1. The first-order valence-corrected chi connectivity index (χ1v) is 9.46. The van der Waals surface area contributed by atoms with Crippen molar-refractivity contribution in [3.63, 3.8) is 0 Å². The molecule has 2 saturated heterocycles. The fraction of sp³-hybridized carbons (Fsp3) is 0.765. The maximum absolute atomic E-state index is 12.8. The lowest BCUT2D eigenvalue weighted by Crippen LogP contribution is -2.41. The predicted octanol–water partition coefficient (Wildman–Crippen LogP) is 2.03. The fourth-order valence-corrected chi connectivity index (χ4v) is 5.17. The summed E-state index contributed by atoms with van der Waals surface area (Å²) in [4.78, 5) is 20.8. The van der Waals surface area contributed by atoms with Crippen LogP contribution in [0.25, 0.3) is 0 Å². The number of carbonyl (C=O) groups excluding carboxylic acids is 1. The van der Waals surface area contributed by atoms with Crippen molar-refractivity contribution < 1.29 is 14.3 Å². The molecule has 4 rings (SSSR count). The van der Waals surface area contributed by atoms with E-state index in [4.69, 9.17) is 14.5 Å². The SMILES string of the molecule is CN(Cc1nc2c(s1)CCCC2)C(=O)C1OCC2COCCC21. The summed E-state index contributed by atoms with van der Waals surface area (Å²) in [7, 11) is 1.87. The van der Waals surface area contributed by atoms with Gasteiger partial charge in [-0.15, -0.1) is 11.3 Å². The lowest BCUT2D eigenvalue weighted by atomic mass is 9.86. The number of aryl methyl sites for hydroxylation is 2. The van der Waals surface area contributed by atoms with Gasteiger partial charge >= 0.3 is 0 Å². The van der Waals surface area contributed by atoms with Gasteiger partial charge in [0.1, 0.15) is 11.1 Å². The number of likely N-dealkylation sites (N-methyl/N-ethyl adjacent to an activating group) is 1. The van der Waals surface area contributed by atoms with Crippen molar-refractivity contribution in [1.82, 2.24) is 9.88 Å². The minimum Gasteiger partial charge on any atom is -0.381 e. The Morgan fingerprint density at radius 1 is 1.35 bits per heavy atom. The smallest absolute Gasteiger partial charge is 0.252 e. The van der Waals surface area contributed by atoms with Crippen LogP contribution in [-0.2, 0) is 33.7 Å². The topological polar surface area (TPSA) is 51.7 Å². The largest absolute Gasteiger partial charge is 0.381 e. The quantitative estimate of drug-likeness (QED) is 0.847. The van der Waals surface area contributed by atoms with Crippen LogP contribution in [0, 0.1) is 11.8 Å². The van der Waals surface area contributed by atoms with Gasteiger partial charge in [-0.05, 0) is 32.1 Å². The molecular weight excluding hydrogens is 312 g/mol. The number of carbonyl (C=O) groups is 1. The van der Waals surface area contributed by atoms with Gasteiger partial charge in [0.05, 0.1) is 25.5 Å². The van der Waals surface area contributed by atoms with E-state index in [9.17, 15) is 4.79 Å². The predicted molar refractivity (Wildman–Crippen MR) is 87.4 cm³/mol. The first kappa shape index (κ1) is 15.5. The number of nitrogens with zero attached hydrogens (tertiary/aromatic N) is 2. The Hall–Kier alpha value is -0.980. The zero-order valence-corrected chi connectivity index (χ0v) is 14.4. The van der Waals surface area contributed by atoms with Gasteiger partial charge in [-0.2, -0.15) is 0 Å². The Balaban J connectivity index is 1.41. The first-order valence-electron chi connectivity index (χ1n) is 8.64. The van der Waals surface area contributed by atoms with Crippen molar-refractivity contribution in [2.45, 2.75) is 44.8 Å². The average Bonchev–Trinajstić information content (AvgIpc) is 3.17. The molecule has 2 fully saturated rings. The van der Waals surface area contributed by atoms with Crippen molar-refractivity contribution in [2.75, 3.05) is 26.9 Å². The normalized spacial score (nSPS) is 29.9. The van der Waals surface area contributed by atoms with E-state index in [0.717, 1.165) is 37.5 Å². The van der Waals surface area contributed by atoms with Crippen molar-refractivity contribution in [3.05, 3.63) is 15.6 Å². The average molecular weight is 336 g/mol. The van der Waals surface area contributed by atoms with Gasteiger partial charge in [-0.25, -0.2) is 4.98 Å². The molecule has 1 amide bonds. The minimum atomic E-state index is -0.288. The molecule has 0 spiro atoms. The summed E-state index contributed by atoms with van der Waals surface area (Å²) >= 11 is 1.78. The van der Waals surface area contributed by atoms with E-state index in [2.05, 4.69) is 0 Å². The Kier molecular flexibility index (Phi) is 4.39. The summed E-state index contributed by atoms with van der Waals surface area (Å²) in [6, 6.07) is 0. The highest BCUT2D eigenvalue weighted by atomic mass is 32.1. The molecule has 3 atom stereocenters. The number of rotatable bonds is 3. The third-order valence-corrected chi connectivity index (χ3v) is 6.44. The highest BCUT2D eigenvalue weighted by Gasteiger charge is 2.43. The second-order valence-electron chi connectivity index (χ2n) is 6.92. The zero-order valence-electron chi connectivity index (χ0n) is 13.6. The first-order chi connectivity index (χ1) is 11.2. The molecule has 1 aliphatic carbocycles. The molecule has 126 valence electrons. The molecule has 3 heterocycles. The standard InChI is InChI=1S/C17H24N2O3S/c1-19(8-15-18-13-4-2-3-5-14(13)23-15)17(20)16-12-6-7-21-9-11(12)10-22-16/h11-12,16H,2-10H2,1H3. The van der Waals surface area contributed by atoms with Crippen molar-refractivity contribution in [2.24, 2.45) is 11.8 Å². The summed E-state index contributed by atoms with van der Waals surface area (Å²) in [6.45, 7) is 2.74. The van der Waals surface area contributed by atoms with Gasteiger partial charge in [0.15, 0.2) is 0 Å². The molecule has 0 bridgehead atoms. The highest BCUT2D eigenvalue weighted by molar-refractivity contribution is 7.11. The second-order valence-corrected chi connectivity index (χ2v) is 8.09. The van der Waals surface area contributed by atoms with Gasteiger partial charge in [0.2, 0.25) is 0 Å². The molecule has 3 aliphatic rings. The zero-order chi connectivity index (χ0) is 15.8. The van der Waals surface area contributed by atoms with Crippen LogP contribution in [0.4, 0.5) is 0 Å². The van der Waals surface area contributed by atoms with E-state index in [0.29, 0.717) is 25.0 Å². The molecule has 0 saturated carbocycles. The number of aromatic nitrogens is 1. The van der Waals surface area contributed by atoms with Gasteiger partial charge in [0, 0.05) is 30.4 Å². The fourth-order valence-electron chi connectivity index (χ4n) is 3.96. The van der Waals surface area contributed by atoms with E-state index in [1.165, 1.54) is 23.4 Å². The molecule has 1 aromatic heterocycles. The third kappa shape index (κ3) is 3.04. The number of hydrogen-bond donors (Lipinski definition) is 0. The minimum absolute atomic E-state index is 0.104. The van der Waals surface area contributed by atoms with Crippen LogP contribution in [0.3, 0.4) is 0 Å². The molecule has 0 radical (unpaired) electrons. The Morgan fingerprint density at radius 3 is 3.09 bits per heavy atom. The van der Waals surface area contributed by atoms with Crippen LogP contribution in [0.5, 0.6) is 0 Å². The summed E-state index contributed by atoms with van der Waals surface area (Å²) in [6.07, 6.45) is 5.40. The molecule has 1 aromatic rings. The van der Waals surface area contributed by atoms with Crippen LogP contribution in [0.15, 0.2) is 0 Å². The van der Waals surface area contributed by atoms with E-state index >= 15 is 0 Å². The van der Waals surface area contributed by atoms with Crippen molar-refractivity contribution in [3.8, 4) is 0 Å². The highest BCUT2D eigenvalue weighted by Crippen LogP contribution is 2.34. The molecular formula is C17H24N2O3S. The Bertz CT molecular complexity index is 565. The van der Waals surface area contributed by atoms with E-state index in [-0.39, 0.29) is 12.0 Å². The maximum atomic E-state index is 12.8. The summed E-state index contributed by atoms with van der Waals surface area (Å²) < 4.78 is 11.3. The molecule has 3 unspecified atom stereocenters. The summed E-state index contributed by atoms with van der Waals surface area (Å²) in [5.41, 5.74) is 1.26. The summed E-state index contributed by atoms with van der Waals surface area (Å²) in [5, 5.41) is 1.06. The van der Waals surface area contributed by atoms with Crippen LogP contribution in [0.1, 0.15) is 34.8 Å². The molecule has 6 heteroatoms. The number of amides is 1. The summed E-state index contributed by atoms with van der Waals surface area (Å²) in [5.74, 6) is 0.814. The maximum Gasteiger partial charge on any atom is 0.252 e. The molecule has 5 nitrogen and oxygen atoms in total. The Labute approximate surface area is 141 Å². The van der Waals surface area contributed by atoms with Crippen LogP contribution >= 0.6 is 11.3 Å². The van der Waals surface area contributed by atoms with Gasteiger partial charge in [0.25, 0.3) is 5.91 Å². The van der Waals surface area contributed by atoms with Crippen LogP contribution in [-0.4, -0.2) is 48.8 Å². The lowest BCUT2D eigenvalue weighted by molar-refractivity contribution is -0.142. The van der Waals surface area contributed by atoms with E-state index in [1.807, 2.05) is 7.05 Å². The van der Waals surface area contributed by atoms with Crippen molar-refractivity contribution in [1.29, 1.82) is 0 Å². The lowest BCUT2D eigenvalue weighted by Gasteiger charge is -2.28.